The van der Waals surface area contributed by atoms with Crippen molar-refractivity contribution in [3.05, 3.63) is 35.4 Å². The maximum atomic E-state index is 13.3. The van der Waals surface area contributed by atoms with Crippen LogP contribution in [-0.4, -0.2) is 17.4 Å². The van der Waals surface area contributed by atoms with E-state index >= 15 is 0 Å². The quantitative estimate of drug-likeness (QED) is 0.733. The lowest BCUT2D eigenvalue weighted by atomic mass is 10.2. The highest BCUT2D eigenvalue weighted by Crippen LogP contribution is 2.18. The number of amides is 1. The Labute approximate surface area is 86.5 Å². The molecule has 1 aromatic rings. The molecular weight excluding hydrogens is 200 g/mol. The van der Waals surface area contributed by atoms with E-state index in [1.807, 2.05) is 0 Å². The summed E-state index contributed by atoms with van der Waals surface area (Å²) in [7, 11) is 0. The zero-order valence-corrected chi connectivity index (χ0v) is 8.17. The standard InChI is InChI=1S/C11H11F2NO/c12-9-3-1-4-10(13)8(9)7-14-6-2-5-11(14)15/h1,3-4H,2,5-7H2. The normalized spacial score (nSPS) is 16.1. The minimum absolute atomic E-state index is 0.0206. The zero-order chi connectivity index (χ0) is 10.8. The molecule has 4 heteroatoms. The summed E-state index contributed by atoms with van der Waals surface area (Å²) in [6.45, 7) is 0.629. The van der Waals surface area contributed by atoms with Crippen LogP contribution in [-0.2, 0) is 11.3 Å². The maximum absolute atomic E-state index is 13.3. The number of carbonyl (C=O) groups is 1. The molecule has 1 aliphatic heterocycles. The number of rotatable bonds is 2. The smallest absolute Gasteiger partial charge is 0.222 e. The van der Waals surface area contributed by atoms with Crippen molar-refractivity contribution in [2.45, 2.75) is 19.4 Å². The fraction of sp³-hybridized carbons (Fsp3) is 0.364. The Kier molecular flexibility index (Phi) is 2.66. The van der Waals surface area contributed by atoms with E-state index in [2.05, 4.69) is 0 Å². The van der Waals surface area contributed by atoms with Crippen LogP contribution in [0.3, 0.4) is 0 Å². The molecule has 0 radical (unpaired) electrons. The van der Waals surface area contributed by atoms with Gasteiger partial charge in [-0.15, -0.1) is 0 Å². The first kappa shape index (κ1) is 10.1. The Balaban J connectivity index is 2.20. The van der Waals surface area contributed by atoms with Crippen molar-refractivity contribution in [1.82, 2.24) is 4.90 Å². The van der Waals surface area contributed by atoms with Gasteiger partial charge in [-0.2, -0.15) is 0 Å². The average molecular weight is 211 g/mol. The summed E-state index contributed by atoms with van der Waals surface area (Å²) in [5, 5.41) is 0. The second-order valence-corrected chi connectivity index (χ2v) is 3.62. The predicted molar refractivity (Wildman–Crippen MR) is 51.0 cm³/mol. The van der Waals surface area contributed by atoms with Crippen molar-refractivity contribution in [1.29, 1.82) is 0 Å². The number of benzene rings is 1. The van der Waals surface area contributed by atoms with E-state index in [-0.39, 0.29) is 18.0 Å². The number of hydrogen-bond acceptors (Lipinski definition) is 1. The van der Waals surface area contributed by atoms with Crippen LogP contribution in [0.15, 0.2) is 18.2 Å². The Morgan fingerprint density at radius 3 is 2.47 bits per heavy atom. The molecule has 1 heterocycles. The van der Waals surface area contributed by atoms with Crippen LogP contribution >= 0.6 is 0 Å². The van der Waals surface area contributed by atoms with E-state index in [1.165, 1.54) is 23.1 Å². The molecule has 1 amide bonds. The highest BCUT2D eigenvalue weighted by molar-refractivity contribution is 5.78. The molecule has 1 aliphatic rings. The topological polar surface area (TPSA) is 20.3 Å². The molecule has 0 aromatic heterocycles. The Bertz CT molecular complexity index is 372. The summed E-state index contributed by atoms with van der Waals surface area (Å²) in [6.07, 6.45) is 1.25. The van der Waals surface area contributed by atoms with Crippen LogP contribution < -0.4 is 0 Å². The Hall–Kier alpha value is -1.45. The highest BCUT2D eigenvalue weighted by atomic mass is 19.1. The first-order valence-electron chi connectivity index (χ1n) is 4.89. The van der Waals surface area contributed by atoms with Gasteiger partial charge >= 0.3 is 0 Å². The predicted octanol–water partition coefficient (Wildman–Crippen LogP) is 2.09. The molecule has 0 unspecified atom stereocenters. The summed E-state index contributed by atoms with van der Waals surface area (Å²) in [5.41, 5.74) is -0.0206. The van der Waals surface area contributed by atoms with E-state index in [0.29, 0.717) is 13.0 Å². The second-order valence-electron chi connectivity index (χ2n) is 3.62. The first-order chi connectivity index (χ1) is 7.18. The molecule has 15 heavy (non-hydrogen) atoms. The Morgan fingerprint density at radius 1 is 1.27 bits per heavy atom. The third kappa shape index (κ3) is 1.98. The van der Waals surface area contributed by atoms with Crippen LogP contribution in [0.5, 0.6) is 0 Å². The largest absolute Gasteiger partial charge is 0.338 e. The summed E-state index contributed by atoms with van der Waals surface area (Å²) in [4.78, 5) is 12.8. The van der Waals surface area contributed by atoms with Gasteiger partial charge in [0, 0.05) is 18.5 Å². The number of nitrogens with zero attached hydrogens (tertiary/aromatic N) is 1. The summed E-state index contributed by atoms with van der Waals surface area (Å²) in [6, 6.07) is 3.73. The number of halogens is 2. The van der Waals surface area contributed by atoms with Crippen molar-refractivity contribution in [2.75, 3.05) is 6.54 Å². The SMILES string of the molecule is O=C1CCCN1Cc1c(F)cccc1F. The summed E-state index contributed by atoms with van der Waals surface area (Å²) in [5.74, 6) is -1.21. The minimum Gasteiger partial charge on any atom is -0.338 e. The van der Waals surface area contributed by atoms with Crippen molar-refractivity contribution >= 4 is 5.91 Å². The molecule has 1 aromatic carbocycles. The van der Waals surface area contributed by atoms with Crippen LogP contribution in [0.25, 0.3) is 0 Å². The number of hydrogen-bond donors (Lipinski definition) is 0. The molecule has 0 bridgehead atoms. The average Bonchev–Trinajstić information content (AvgIpc) is 2.58. The van der Waals surface area contributed by atoms with Gasteiger partial charge in [0.15, 0.2) is 0 Å². The van der Waals surface area contributed by atoms with E-state index in [9.17, 15) is 13.6 Å². The van der Waals surface area contributed by atoms with E-state index in [0.717, 1.165) is 6.42 Å². The third-order valence-electron chi connectivity index (χ3n) is 2.58. The van der Waals surface area contributed by atoms with E-state index in [4.69, 9.17) is 0 Å². The molecule has 0 aliphatic carbocycles. The summed E-state index contributed by atoms with van der Waals surface area (Å²) >= 11 is 0. The zero-order valence-electron chi connectivity index (χ0n) is 8.17. The van der Waals surface area contributed by atoms with Crippen LogP contribution in [0.1, 0.15) is 18.4 Å². The molecule has 0 atom stereocenters. The van der Waals surface area contributed by atoms with Gasteiger partial charge in [0.25, 0.3) is 0 Å². The Morgan fingerprint density at radius 2 is 1.93 bits per heavy atom. The summed E-state index contributed by atoms with van der Waals surface area (Å²) < 4.78 is 26.5. The van der Waals surface area contributed by atoms with Crippen LogP contribution in [0.2, 0.25) is 0 Å². The molecule has 0 saturated carbocycles. The molecule has 0 spiro atoms. The monoisotopic (exact) mass is 211 g/mol. The molecule has 1 saturated heterocycles. The molecule has 80 valence electrons. The van der Waals surface area contributed by atoms with Crippen molar-refractivity contribution < 1.29 is 13.6 Å². The van der Waals surface area contributed by atoms with Crippen molar-refractivity contribution in [2.24, 2.45) is 0 Å². The van der Waals surface area contributed by atoms with Gasteiger partial charge in [-0.3, -0.25) is 4.79 Å². The van der Waals surface area contributed by atoms with Crippen LogP contribution in [0.4, 0.5) is 8.78 Å². The van der Waals surface area contributed by atoms with Gasteiger partial charge in [0.1, 0.15) is 11.6 Å². The fourth-order valence-electron chi connectivity index (χ4n) is 1.75. The van der Waals surface area contributed by atoms with Gasteiger partial charge in [-0.1, -0.05) is 6.07 Å². The lowest BCUT2D eigenvalue weighted by Gasteiger charge is -2.16. The second kappa shape index (κ2) is 3.96. The van der Waals surface area contributed by atoms with Crippen molar-refractivity contribution in [3.63, 3.8) is 0 Å². The first-order valence-corrected chi connectivity index (χ1v) is 4.89. The third-order valence-corrected chi connectivity index (χ3v) is 2.58. The van der Waals surface area contributed by atoms with Crippen molar-refractivity contribution in [3.8, 4) is 0 Å². The van der Waals surface area contributed by atoms with Gasteiger partial charge in [-0.05, 0) is 18.6 Å². The number of likely N-dealkylation sites (tertiary alicyclic amines) is 1. The molecule has 2 nitrogen and oxygen atoms in total. The van der Waals surface area contributed by atoms with Gasteiger partial charge < -0.3 is 4.90 Å². The van der Waals surface area contributed by atoms with Gasteiger partial charge in [0.05, 0.1) is 6.54 Å². The number of carbonyl (C=O) groups excluding carboxylic acids is 1. The molecule has 0 N–H and O–H groups in total. The lowest BCUT2D eigenvalue weighted by molar-refractivity contribution is -0.128. The molecule has 2 rings (SSSR count). The van der Waals surface area contributed by atoms with E-state index < -0.39 is 11.6 Å². The molecule has 1 fully saturated rings. The van der Waals surface area contributed by atoms with Gasteiger partial charge in [-0.25, -0.2) is 8.78 Å². The van der Waals surface area contributed by atoms with Gasteiger partial charge in [0.2, 0.25) is 5.91 Å². The minimum atomic E-state index is -0.588. The lowest BCUT2D eigenvalue weighted by Crippen LogP contribution is -2.25. The fourth-order valence-corrected chi connectivity index (χ4v) is 1.75. The van der Waals surface area contributed by atoms with Crippen LogP contribution in [0, 0.1) is 11.6 Å². The van der Waals surface area contributed by atoms with E-state index in [1.54, 1.807) is 0 Å². The molecular formula is C11H11F2NO. The maximum Gasteiger partial charge on any atom is 0.222 e. The highest BCUT2D eigenvalue weighted by Gasteiger charge is 2.22.